The zero-order chi connectivity index (χ0) is 18.2. The smallest absolute Gasteiger partial charge is 0.308 e. The maximum atomic E-state index is 13.5. The second-order valence-electron chi connectivity index (χ2n) is 4.85. The summed E-state index contributed by atoms with van der Waals surface area (Å²) in [6, 6.07) is 5.37. The number of esters is 1. The van der Waals surface area contributed by atoms with Gasteiger partial charge in [0.15, 0.2) is 6.61 Å². The van der Waals surface area contributed by atoms with Crippen LogP contribution in [0.2, 0.25) is 5.02 Å². The highest BCUT2D eigenvalue weighted by Crippen LogP contribution is 2.19. The summed E-state index contributed by atoms with van der Waals surface area (Å²) in [5, 5.41) is 8.53. The van der Waals surface area contributed by atoms with E-state index in [4.69, 9.17) is 16.3 Å². The van der Waals surface area contributed by atoms with Gasteiger partial charge in [-0.05, 0) is 29.6 Å². The van der Waals surface area contributed by atoms with Crippen molar-refractivity contribution in [3.63, 3.8) is 0 Å². The van der Waals surface area contributed by atoms with Crippen LogP contribution in [0.25, 0.3) is 0 Å². The Kier molecular flexibility index (Phi) is 6.91. The second kappa shape index (κ2) is 9.14. The third-order valence-electron chi connectivity index (χ3n) is 2.96. The molecule has 0 saturated carbocycles. The average Bonchev–Trinajstić information content (AvgIpc) is 3.11. The quantitative estimate of drug-likeness (QED) is 0.719. The molecule has 0 aliphatic carbocycles. The molecule has 0 saturated heterocycles. The minimum Gasteiger partial charge on any atom is -0.456 e. The highest BCUT2D eigenvalue weighted by molar-refractivity contribution is 7.08. The Hall–Kier alpha value is -2.45. The summed E-state index contributed by atoms with van der Waals surface area (Å²) in [7, 11) is 0. The summed E-state index contributed by atoms with van der Waals surface area (Å²) in [5.41, 5.74) is 0.415. The fraction of sp³-hybridized carbons (Fsp3) is 0.188. The molecular formula is C16H14ClFN2O4S. The first-order valence-corrected chi connectivity index (χ1v) is 8.48. The largest absolute Gasteiger partial charge is 0.456 e. The Bertz CT molecular complexity index is 768. The highest BCUT2D eigenvalue weighted by atomic mass is 35.5. The first kappa shape index (κ1) is 18.9. The predicted octanol–water partition coefficient (Wildman–Crippen LogP) is 2.84. The number of thiophene rings is 1. The first-order valence-electron chi connectivity index (χ1n) is 7.16. The topological polar surface area (TPSA) is 84.5 Å². The van der Waals surface area contributed by atoms with Crippen LogP contribution < -0.4 is 10.6 Å². The Morgan fingerprint density at radius 3 is 2.76 bits per heavy atom. The lowest BCUT2D eigenvalue weighted by Crippen LogP contribution is -2.27. The number of nitrogens with one attached hydrogen (secondary N) is 2. The highest BCUT2D eigenvalue weighted by Gasteiger charge is 2.11. The standard InChI is InChI=1S/C16H14ClFN2O4S/c17-11-1-2-12(18)13(7-11)20-14(21)8-24-15(22)3-5-19-16(23)10-4-6-25-9-10/h1-2,4,6-7,9H,3,5,8H2,(H,19,23)(H,20,21). The molecule has 25 heavy (non-hydrogen) atoms. The molecule has 0 bridgehead atoms. The molecule has 0 spiro atoms. The van der Waals surface area contributed by atoms with Crippen LogP contribution in [0, 0.1) is 5.82 Å². The summed E-state index contributed by atoms with van der Waals surface area (Å²) < 4.78 is 18.2. The van der Waals surface area contributed by atoms with Crippen molar-refractivity contribution in [2.45, 2.75) is 6.42 Å². The number of carbonyl (C=O) groups is 3. The number of ether oxygens (including phenoxy) is 1. The third kappa shape index (κ3) is 6.17. The van der Waals surface area contributed by atoms with E-state index in [0.717, 1.165) is 6.07 Å². The van der Waals surface area contributed by atoms with Crippen molar-refractivity contribution in [3.8, 4) is 0 Å². The van der Waals surface area contributed by atoms with Crippen molar-refractivity contribution in [3.05, 3.63) is 51.4 Å². The van der Waals surface area contributed by atoms with Crippen molar-refractivity contribution in [1.29, 1.82) is 0 Å². The van der Waals surface area contributed by atoms with Crippen LogP contribution in [0.4, 0.5) is 10.1 Å². The van der Waals surface area contributed by atoms with Crippen molar-refractivity contribution in [1.82, 2.24) is 5.32 Å². The molecule has 0 unspecified atom stereocenters. The van der Waals surface area contributed by atoms with Crippen LogP contribution >= 0.6 is 22.9 Å². The molecule has 2 amide bonds. The molecule has 0 aliphatic heterocycles. The predicted molar refractivity (Wildman–Crippen MR) is 92.3 cm³/mol. The lowest BCUT2D eigenvalue weighted by Gasteiger charge is -2.08. The van der Waals surface area contributed by atoms with Gasteiger partial charge in [-0.2, -0.15) is 11.3 Å². The van der Waals surface area contributed by atoms with Gasteiger partial charge in [0.25, 0.3) is 11.8 Å². The third-order valence-corrected chi connectivity index (χ3v) is 3.88. The molecule has 1 heterocycles. The molecule has 0 aliphatic rings. The van der Waals surface area contributed by atoms with Crippen molar-refractivity contribution in [2.24, 2.45) is 0 Å². The van der Waals surface area contributed by atoms with E-state index >= 15 is 0 Å². The van der Waals surface area contributed by atoms with Gasteiger partial charge < -0.3 is 15.4 Å². The minimum absolute atomic E-state index is 0.0814. The summed E-state index contributed by atoms with van der Waals surface area (Å²) in [6.07, 6.45) is -0.0886. The summed E-state index contributed by atoms with van der Waals surface area (Å²) in [6.45, 7) is -0.485. The number of hydrogen-bond donors (Lipinski definition) is 2. The van der Waals surface area contributed by atoms with Crippen LogP contribution in [0.3, 0.4) is 0 Å². The number of benzene rings is 1. The Balaban J connectivity index is 1.68. The lowest BCUT2D eigenvalue weighted by atomic mass is 10.3. The zero-order valence-corrected chi connectivity index (χ0v) is 14.5. The van der Waals surface area contributed by atoms with E-state index in [1.54, 1.807) is 16.8 Å². The summed E-state index contributed by atoms with van der Waals surface area (Å²) >= 11 is 7.10. The Morgan fingerprint density at radius 1 is 1.24 bits per heavy atom. The molecule has 0 fully saturated rings. The fourth-order valence-corrected chi connectivity index (χ4v) is 2.58. The average molecular weight is 385 g/mol. The molecule has 1 aromatic heterocycles. The van der Waals surface area contributed by atoms with Gasteiger partial charge in [-0.3, -0.25) is 14.4 Å². The maximum absolute atomic E-state index is 13.5. The molecule has 0 radical (unpaired) electrons. The molecule has 6 nitrogen and oxygen atoms in total. The van der Waals surface area contributed by atoms with Crippen molar-refractivity contribution in [2.75, 3.05) is 18.5 Å². The van der Waals surface area contributed by atoms with Gasteiger partial charge in [0.2, 0.25) is 0 Å². The zero-order valence-electron chi connectivity index (χ0n) is 12.9. The van der Waals surface area contributed by atoms with E-state index < -0.39 is 24.3 Å². The molecule has 9 heteroatoms. The van der Waals surface area contributed by atoms with Crippen LogP contribution in [0.15, 0.2) is 35.0 Å². The van der Waals surface area contributed by atoms with E-state index in [2.05, 4.69) is 10.6 Å². The van der Waals surface area contributed by atoms with Gasteiger partial charge in [0, 0.05) is 22.5 Å². The van der Waals surface area contributed by atoms with Gasteiger partial charge >= 0.3 is 5.97 Å². The normalized spacial score (nSPS) is 10.2. The van der Waals surface area contributed by atoms with E-state index in [0.29, 0.717) is 5.56 Å². The van der Waals surface area contributed by atoms with E-state index in [1.807, 2.05) is 0 Å². The Labute approximate surface area is 151 Å². The van der Waals surface area contributed by atoms with E-state index in [1.165, 1.54) is 23.5 Å². The number of amides is 2. The first-order chi connectivity index (χ1) is 12.0. The monoisotopic (exact) mass is 384 g/mol. The van der Waals surface area contributed by atoms with Gasteiger partial charge in [0.1, 0.15) is 5.82 Å². The van der Waals surface area contributed by atoms with Crippen LogP contribution in [-0.4, -0.2) is 30.9 Å². The van der Waals surface area contributed by atoms with Gasteiger partial charge in [-0.1, -0.05) is 11.6 Å². The molecular weight excluding hydrogens is 371 g/mol. The molecule has 2 N–H and O–H groups in total. The van der Waals surface area contributed by atoms with Crippen molar-refractivity contribution < 1.29 is 23.5 Å². The van der Waals surface area contributed by atoms with Crippen LogP contribution in [0.5, 0.6) is 0 Å². The molecule has 2 rings (SSSR count). The SMILES string of the molecule is O=C(COC(=O)CCNC(=O)c1ccsc1)Nc1cc(Cl)ccc1F. The number of carbonyl (C=O) groups excluding carboxylic acids is 3. The Morgan fingerprint density at radius 2 is 2.04 bits per heavy atom. The molecule has 1 aromatic carbocycles. The van der Waals surface area contributed by atoms with Gasteiger partial charge in [-0.25, -0.2) is 4.39 Å². The molecule has 132 valence electrons. The summed E-state index contributed by atoms with van der Waals surface area (Å²) in [4.78, 5) is 34.8. The maximum Gasteiger partial charge on any atom is 0.308 e. The van der Waals surface area contributed by atoms with E-state index in [9.17, 15) is 18.8 Å². The molecule has 2 aromatic rings. The van der Waals surface area contributed by atoms with Gasteiger partial charge in [-0.15, -0.1) is 0 Å². The summed E-state index contributed by atoms with van der Waals surface area (Å²) in [5.74, 6) is -2.30. The van der Waals surface area contributed by atoms with Crippen LogP contribution in [-0.2, 0) is 14.3 Å². The number of anilines is 1. The molecule has 0 atom stereocenters. The van der Waals surface area contributed by atoms with Crippen LogP contribution in [0.1, 0.15) is 16.8 Å². The second-order valence-corrected chi connectivity index (χ2v) is 6.07. The van der Waals surface area contributed by atoms with Gasteiger partial charge in [0.05, 0.1) is 12.1 Å². The number of rotatable bonds is 7. The number of halogens is 2. The fourth-order valence-electron chi connectivity index (χ4n) is 1.77. The minimum atomic E-state index is -0.697. The number of hydrogen-bond acceptors (Lipinski definition) is 5. The lowest BCUT2D eigenvalue weighted by molar-refractivity contribution is -0.147. The van der Waals surface area contributed by atoms with E-state index in [-0.39, 0.29) is 29.6 Å². The van der Waals surface area contributed by atoms with Crippen molar-refractivity contribution >= 4 is 46.4 Å².